The Bertz CT molecular complexity index is 979. The zero-order chi connectivity index (χ0) is 19.5. The van der Waals surface area contributed by atoms with E-state index in [4.69, 9.17) is 4.74 Å². The molecule has 1 fully saturated rings. The molecule has 0 bridgehead atoms. The van der Waals surface area contributed by atoms with E-state index in [9.17, 15) is 16.8 Å². The molecule has 0 unspecified atom stereocenters. The van der Waals surface area contributed by atoms with Gasteiger partial charge in [0, 0.05) is 31.6 Å². The smallest absolute Gasteiger partial charge is 0.240 e. The number of hydrogen-bond acceptors (Lipinski definition) is 6. The summed E-state index contributed by atoms with van der Waals surface area (Å²) in [6.07, 6.45) is 1.08. The minimum atomic E-state index is -3.72. The molecule has 1 heterocycles. The molecule has 27 heavy (non-hydrogen) atoms. The van der Waals surface area contributed by atoms with Gasteiger partial charge in [-0.15, -0.1) is 0 Å². The number of rotatable bonds is 6. The molecular formula is C18H22N2O5S2. The molecule has 0 saturated carbocycles. The summed E-state index contributed by atoms with van der Waals surface area (Å²) in [7, 11) is -7.08. The fourth-order valence-corrected chi connectivity index (χ4v) is 4.42. The van der Waals surface area contributed by atoms with Crippen molar-refractivity contribution in [3.05, 3.63) is 54.1 Å². The molecule has 0 aromatic heterocycles. The van der Waals surface area contributed by atoms with Gasteiger partial charge in [0.25, 0.3) is 0 Å². The number of anilines is 1. The lowest BCUT2D eigenvalue weighted by Gasteiger charge is -2.28. The SMILES string of the molecule is CS(=O)(=O)c1ccc(S(=O)(=O)NCc2ccc(N3CCOCC3)cc2)cc1. The second-order valence-corrected chi connectivity index (χ2v) is 10.1. The summed E-state index contributed by atoms with van der Waals surface area (Å²) in [5, 5.41) is 0. The van der Waals surface area contributed by atoms with Crippen molar-refractivity contribution in [1.29, 1.82) is 0 Å². The second kappa shape index (κ2) is 7.97. The minimum absolute atomic E-state index is 0.0276. The van der Waals surface area contributed by atoms with E-state index < -0.39 is 19.9 Å². The van der Waals surface area contributed by atoms with Gasteiger partial charge in [-0.1, -0.05) is 12.1 Å². The van der Waals surface area contributed by atoms with Gasteiger partial charge in [-0.2, -0.15) is 0 Å². The summed E-state index contributed by atoms with van der Waals surface area (Å²) in [4.78, 5) is 2.33. The largest absolute Gasteiger partial charge is 0.378 e. The Kier molecular flexibility index (Phi) is 5.85. The number of nitrogens with one attached hydrogen (secondary N) is 1. The molecule has 3 rings (SSSR count). The third kappa shape index (κ3) is 5.07. The third-order valence-corrected chi connectivity index (χ3v) is 6.89. The van der Waals surface area contributed by atoms with Crippen LogP contribution in [0.5, 0.6) is 0 Å². The van der Waals surface area contributed by atoms with Crippen LogP contribution in [0.2, 0.25) is 0 Å². The summed E-state index contributed by atoms with van der Waals surface area (Å²) in [6, 6.07) is 12.9. The molecular weight excluding hydrogens is 388 g/mol. The highest BCUT2D eigenvalue weighted by molar-refractivity contribution is 7.90. The van der Waals surface area contributed by atoms with Crippen LogP contribution in [-0.2, 0) is 31.1 Å². The molecule has 1 aliphatic heterocycles. The fraction of sp³-hybridized carbons (Fsp3) is 0.333. The number of sulfonamides is 1. The normalized spacial score (nSPS) is 15.7. The van der Waals surface area contributed by atoms with Gasteiger partial charge in [-0.25, -0.2) is 21.6 Å². The van der Waals surface area contributed by atoms with Gasteiger partial charge < -0.3 is 9.64 Å². The maximum atomic E-state index is 12.4. The topological polar surface area (TPSA) is 92.8 Å². The predicted octanol–water partition coefficient (Wildman–Crippen LogP) is 1.41. The molecule has 9 heteroatoms. The first-order valence-corrected chi connectivity index (χ1v) is 11.8. The quantitative estimate of drug-likeness (QED) is 0.774. The number of nitrogens with zero attached hydrogens (tertiary/aromatic N) is 1. The van der Waals surface area contributed by atoms with E-state index in [0.29, 0.717) is 13.2 Å². The molecule has 1 saturated heterocycles. The van der Waals surface area contributed by atoms with E-state index in [1.165, 1.54) is 24.3 Å². The summed E-state index contributed by atoms with van der Waals surface area (Å²) in [6.45, 7) is 3.25. The molecule has 0 radical (unpaired) electrons. The Labute approximate surface area is 159 Å². The Balaban J connectivity index is 1.64. The van der Waals surface area contributed by atoms with Crippen molar-refractivity contribution in [3.8, 4) is 0 Å². The highest BCUT2D eigenvalue weighted by Crippen LogP contribution is 2.18. The van der Waals surface area contributed by atoms with Crippen LogP contribution in [0.3, 0.4) is 0 Å². The van der Waals surface area contributed by atoms with E-state index in [1.807, 2.05) is 24.3 Å². The van der Waals surface area contributed by atoms with Crippen LogP contribution < -0.4 is 9.62 Å². The first-order chi connectivity index (χ1) is 12.8. The van der Waals surface area contributed by atoms with Crippen LogP contribution in [0.4, 0.5) is 5.69 Å². The van der Waals surface area contributed by atoms with E-state index in [0.717, 1.165) is 30.6 Å². The highest BCUT2D eigenvalue weighted by atomic mass is 32.2. The number of morpholine rings is 1. The van der Waals surface area contributed by atoms with E-state index >= 15 is 0 Å². The van der Waals surface area contributed by atoms with Gasteiger partial charge >= 0.3 is 0 Å². The van der Waals surface area contributed by atoms with E-state index in [2.05, 4.69) is 9.62 Å². The highest BCUT2D eigenvalue weighted by Gasteiger charge is 2.16. The van der Waals surface area contributed by atoms with Crippen molar-refractivity contribution < 1.29 is 21.6 Å². The van der Waals surface area contributed by atoms with Gasteiger partial charge in [-0.05, 0) is 42.0 Å². The van der Waals surface area contributed by atoms with Gasteiger partial charge in [-0.3, -0.25) is 0 Å². The lowest BCUT2D eigenvalue weighted by atomic mass is 10.2. The number of ether oxygens (including phenoxy) is 1. The zero-order valence-electron chi connectivity index (χ0n) is 15.0. The van der Waals surface area contributed by atoms with Gasteiger partial charge in [0.05, 0.1) is 23.0 Å². The summed E-state index contributed by atoms with van der Waals surface area (Å²) >= 11 is 0. The molecule has 7 nitrogen and oxygen atoms in total. The number of sulfone groups is 1. The second-order valence-electron chi connectivity index (χ2n) is 6.33. The molecule has 0 amide bonds. The van der Waals surface area contributed by atoms with Crippen LogP contribution in [0, 0.1) is 0 Å². The fourth-order valence-electron chi connectivity index (χ4n) is 2.77. The Morgan fingerprint density at radius 1 is 0.889 bits per heavy atom. The molecule has 2 aromatic rings. The van der Waals surface area contributed by atoms with Gasteiger partial charge in [0.2, 0.25) is 10.0 Å². The standard InChI is InChI=1S/C18H22N2O5S2/c1-26(21,22)17-6-8-18(9-7-17)27(23,24)19-14-15-2-4-16(5-3-15)20-10-12-25-13-11-20/h2-9,19H,10-14H2,1H3. The lowest BCUT2D eigenvalue weighted by Crippen LogP contribution is -2.36. The molecule has 0 atom stereocenters. The van der Waals surface area contributed by atoms with Crippen LogP contribution in [0.25, 0.3) is 0 Å². The molecule has 0 spiro atoms. The maximum absolute atomic E-state index is 12.4. The summed E-state index contributed by atoms with van der Waals surface area (Å²) in [5.74, 6) is 0. The van der Waals surface area contributed by atoms with Crippen molar-refractivity contribution >= 4 is 25.5 Å². The van der Waals surface area contributed by atoms with Crippen LogP contribution in [0.15, 0.2) is 58.3 Å². The Morgan fingerprint density at radius 2 is 1.44 bits per heavy atom. The Morgan fingerprint density at radius 3 is 2.00 bits per heavy atom. The van der Waals surface area contributed by atoms with Crippen molar-refractivity contribution in [3.63, 3.8) is 0 Å². The predicted molar refractivity (Wildman–Crippen MR) is 103 cm³/mol. The van der Waals surface area contributed by atoms with Crippen LogP contribution >= 0.6 is 0 Å². The van der Waals surface area contributed by atoms with Crippen LogP contribution in [0.1, 0.15) is 5.56 Å². The van der Waals surface area contributed by atoms with E-state index in [1.54, 1.807) is 0 Å². The van der Waals surface area contributed by atoms with Crippen molar-refractivity contribution in [2.24, 2.45) is 0 Å². The zero-order valence-corrected chi connectivity index (χ0v) is 16.6. The van der Waals surface area contributed by atoms with Crippen molar-refractivity contribution in [1.82, 2.24) is 4.72 Å². The molecule has 1 aliphatic rings. The number of hydrogen-bond donors (Lipinski definition) is 1. The average molecular weight is 411 g/mol. The molecule has 0 aliphatic carbocycles. The van der Waals surface area contributed by atoms with Crippen LogP contribution in [-0.4, -0.2) is 49.4 Å². The van der Waals surface area contributed by atoms with E-state index in [-0.39, 0.29) is 16.3 Å². The first kappa shape index (κ1) is 19.8. The summed E-state index contributed by atoms with van der Waals surface area (Å²) < 4.78 is 55.6. The first-order valence-electron chi connectivity index (χ1n) is 8.47. The molecule has 146 valence electrons. The monoisotopic (exact) mass is 410 g/mol. The molecule has 1 N–H and O–H groups in total. The maximum Gasteiger partial charge on any atom is 0.240 e. The molecule has 2 aromatic carbocycles. The Hall–Kier alpha value is -1.94. The summed E-state index contributed by atoms with van der Waals surface area (Å²) in [5.41, 5.74) is 1.92. The average Bonchev–Trinajstić information content (AvgIpc) is 2.67. The number of benzene rings is 2. The van der Waals surface area contributed by atoms with Gasteiger partial charge in [0.15, 0.2) is 9.84 Å². The minimum Gasteiger partial charge on any atom is -0.378 e. The van der Waals surface area contributed by atoms with Crippen molar-refractivity contribution in [2.75, 3.05) is 37.5 Å². The van der Waals surface area contributed by atoms with Crippen molar-refractivity contribution in [2.45, 2.75) is 16.3 Å². The third-order valence-electron chi connectivity index (χ3n) is 4.34. The lowest BCUT2D eigenvalue weighted by molar-refractivity contribution is 0.122. The van der Waals surface area contributed by atoms with Gasteiger partial charge in [0.1, 0.15) is 0 Å².